The van der Waals surface area contributed by atoms with Crippen LogP contribution in [-0.4, -0.2) is 65.1 Å². The quantitative estimate of drug-likeness (QED) is 0.733. The maximum atomic E-state index is 13.9. The van der Waals surface area contributed by atoms with E-state index in [9.17, 15) is 23.2 Å². The number of likely N-dealkylation sites (tertiary alicyclic amines) is 1. The summed E-state index contributed by atoms with van der Waals surface area (Å²) in [5, 5.41) is 0. The molecule has 8 heteroatoms. The van der Waals surface area contributed by atoms with Crippen molar-refractivity contribution in [3.63, 3.8) is 0 Å². The highest BCUT2D eigenvalue weighted by molar-refractivity contribution is 5.95. The van der Waals surface area contributed by atoms with E-state index in [0.29, 0.717) is 25.7 Å². The van der Waals surface area contributed by atoms with Crippen molar-refractivity contribution in [2.24, 2.45) is 5.92 Å². The number of carbonyl (C=O) groups is 3. The van der Waals surface area contributed by atoms with Crippen LogP contribution in [0, 0.1) is 17.6 Å². The van der Waals surface area contributed by atoms with E-state index in [1.807, 2.05) is 37.3 Å². The van der Waals surface area contributed by atoms with Crippen LogP contribution in [0.1, 0.15) is 35.3 Å². The molecule has 2 fully saturated rings. The summed E-state index contributed by atoms with van der Waals surface area (Å²) in [5.41, 5.74) is 0.840. The molecule has 0 spiro atoms. The van der Waals surface area contributed by atoms with E-state index in [-0.39, 0.29) is 42.9 Å². The molecular weight excluding hydrogens is 416 g/mol. The molecule has 2 aliphatic rings. The normalized spacial score (nSPS) is 19.9. The van der Waals surface area contributed by atoms with Gasteiger partial charge in [0.05, 0.1) is 17.5 Å². The van der Waals surface area contributed by atoms with Gasteiger partial charge in [0.15, 0.2) is 0 Å². The van der Waals surface area contributed by atoms with Crippen LogP contribution in [0.2, 0.25) is 0 Å². The molecule has 0 N–H and O–H groups in total. The highest BCUT2D eigenvalue weighted by Crippen LogP contribution is 2.29. The highest BCUT2D eigenvalue weighted by atomic mass is 19.1. The summed E-state index contributed by atoms with van der Waals surface area (Å²) < 4.78 is 27.0. The zero-order valence-corrected chi connectivity index (χ0v) is 17.8. The third-order valence-electron chi connectivity index (χ3n) is 6.30. The van der Waals surface area contributed by atoms with Crippen LogP contribution in [0.4, 0.5) is 8.78 Å². The number of benzene rings is 2. The molecule has 0 aliphatic carbocycles. The molecule has 0 radical (unpaired) electrons. The van der Waals surface area contributed by atoms with Crippen molar-refractivity contribution in [1.82, 2.24) is 14.7 Å². The van der Waals surface area contributed by atoms with Gasteiger partial charge in [0.2, 0.25) is 11.8 Å². The average Bonchev–Trinajstić information content (AvgIpc) is 3.20. The van der Waals surface area contributed by atoms with Crippen LogP contribution in [-0.2, 0) is 9.59 Å². The van der Waals surface area contributed by atoms with Crippen molar-refractivity contribution in [3.05, 3.63) is 71.3 Å². The summed E-state index contributed by atoms with van der Waals surface area (Å²) >= 11 is 0. The Hall–Kier alpha value is -3.29. The summed E-state index contributed by atoms with van der Waals surface area (Å²) in [6.45, 7) is 3.46. The van der Waals surface area contributed by atoms with Gasteiger partial charge in [-0.1, -0.05) is 30.3 Å². The lowest BCUT2D eigenvalue weighted by atomic mass is 10.1. The predicted octanol–water partition coefficient (Wildman–Crippen LogP) is 2.86. The molecule has 2 saturated heterocycles. The first kappa shape index (κ1) is 21.9. The number of hydrogen-bond donors (Lipinski definition) is 0. The number of hydrogen-bond acceptors (Lipinski definition) is 3. The Bertz CT molecular complexity index is 1020. The minimum absolute atomic E-state index is 0.0414. The molecule has 6 nitrogen and oxygen atoms in total. The van der Waals surface area contributed by atoms with E-state index in [1.165, 1.54) is 4.90 Å². The Labute approximate surface area is 185 Å². The monoisotopic (exact) mass is 441 g/mol. The maximum absolute atomic E-state index is 13.9. The van der Waals surface area contributed by atoms with Crippen molar-refractivity contribution in [3.8, 4) is 0 Å². The number of carbonyl (C=O) groups excluding carboxylic acids is 3. The lowest BCUT2D eigenvalue weighted by Crippen LogP contribution is -2.52. The van der Waals surface area contributed by atoms with Gasteiger partial charge in [-0.05, 0) is 24.6 Å². The molecule has 2 aliphatic heterocycles. The number of nitrogens with zero attached hydrogens (tertiary/aromatic N) is 3. The molecule has 2 heterocycles. The van der Waals surface area contributed by atoms with Gasteiger partial charge in [-0.3, -0.25) is 14.4 Å². The molecule has 0 bridgehead atoms. The van der Waals surface area contributed by atoms with Crippen molar-refractivity contribution in [1.29, 1.82) is 0 Å². The van der Waals surface area contributed by atoms with Crippen LogP contribution in [0.25, 0.3) is 0 Å². The Balaban J connectivity index is 1.34. The van der Waals surface area contributed by atoms with Crippen molar-refractivity contribution >= 4 is 17.7 Å². The third-order valence-corrected chi connectivity index (χ3v) is 6.30. The molecule has 168 valence electrons. The molecule has 2 unspecified atom stereocenters. The molecule has 0 aromatic heterocycles. The van der Waals surface area contributed by atoms with Gasteiger partial charge in [-0.25, -0.2) is 8.78 Å². The van der Waals surface area contributed by atoms with Crippen LogP contribution < -0.4 is 0 Å². The summed E-state index contributed by atoms with van der Waals surface area (Å²) in [5.74, 6) is -2.71. The lowest BCUT2D eigenvalue weighted by Gasteiger charge is -2.36. The van der Waals surface area contributed by atoms with Gasteiger partial charge in [0, 0.05) is 45.2 Å². The second-order valence-electron chi connectivity index (χ2n) is 8.28. The van der Waals surface area contributed by atoms with Crippen molar-refractivity contribution in [2.45, 2.75) is 19.4 Å². The third kappa shape index (κ3) is 4.35. The SMILES string of the molecule is CC(c1ccccc1)N1CC(C(=O)N2CCN(C(=O)c3ccc(F)cc3F)CC2)CC1=O. The predicted molar refractivity (Wildman–Crippen MR) is 114 cm³/mol. The fourth-order valence-corrected chi connectivity index (χ4v) is 4.40. The Morgan fingerprint density at radius 3 is 2.28 bits per heavy atom. The first-order chi connectivity index (χ1) is 15.3. The van der Waals surface area contributed by atoms with Crippen molar-refractivity contribution < 1.29 is 23.2 Å². The molecule has 2 aromatic carbocycles. The van der Waals surface area contributed by atoms with Gasteiger partial charge in [-0.15, -0.1) is 0 Å². The van der Waals surface area contributed by atoms with E-state index < -0.39 is 23.5 Å². The van der Waals surface area contributed by atoms with Crippen LogP contribution in [0.3, 0.4) is 0 Å². The molecule has 0 saturated carbocycles. The Kier molecular flexibility index (Phi) is 6.21. The minimum Gasteiger partial charge on any atom is -0.339 e. The fourth-order valence-electron chi connectivity index (χ4n) is 4.40. The van der Waals surface area contributed by atoms with E-state index >= 15 is 0 Å². The lowest BCUT2D eigenvalue weighted by molar-refractivity contribution is -0.137. The first-order valence-electron chi connectivity index (χ1n) is 10.7. The summed E-state index contributed by atoms with van der Waals surface area (Å²) in [4.78, 5) is 43.1. The number of rotatable bonds is 4. The number of halogens is 2. The second kappa shape index (κ2) is 9.06. The first-order valence-corrected chi connectivity index (χ1v) is 10.7. The molecular formula is C24H25F2N3O3. The molecule has 2 atom stereocenters. The van der Waals surface area contributed by atoms with Gasteiger partial charge < -0.3 is 14.7 Å². The summed E-state index contributed by atoms with van der Waals surface area (Å²) in [6, 6.07) is 12.5. The van der Waals surface area contributed by atoms with Gasteiger partial charge in [0.25, 0.3) is 5.91 Å². The zero-order chi connectivity index (χ0) is 22.8. The largest absolute Gasteiger partial charge is 0.339 e. The molecule has 2 aromatic rings. The van der Waals surface area contributed by atoms with E-state index in [2.05, 4.69) is 0 Å². The molecule has 32 heavy (non-hydrogen) atoms. The highest BCUT2D eigenvalue weighted by Gasteiger charge is 2.39. The minimum atomic E-state index is -0.898. The van der Waals surface area contributed by atoms with E-state index in [1.54, 1.807) is 9.80 Å². The Morgan fingerprint density at radius 1 is 0.969 bits per heavy atom. The summed E-state index contributed by atoms with van der Waals surface area (Å²) in [6.07, 6.45) is 0.177. The van der Waals surface area contributed by atoms with E-state index in [4.69, 9.17) is 0 Å². The standard InChI is InChI=1S/C24H25F2N3O3/c1-16(17-5-3-2-4-6-17)29-15-18(13-22(29)30)23(31)27-9-11-28(12-10-27)24(32)20-8-7-19(25)14-21(20)26/h2-8,14,16,18H,9-13,15H2,1H3. The van der Waals surface area contributed by atoms with Gasteiger partial charge in [-0.2, -0.15) is 0 Å². The van der Waals surface area contributed by atoms with Crippen LogP contribution in [0.15, 0.2) is 48.5 Å². The number of amides is 3. The van der Waals surface area contributed by atoms with Crippen molar-refractivity contribution in [2.75, 3.05) is 32.7 Å². The topological polar surface area (TPSA) is 60.9 Å². The van der Waals surface area contributed by atoms with Gasteiger partial charge in [0.1, 0.15) is 11.6 Å². The molecule has 3 amide bonds. The maximum Gasteiger partial charge on any atom is 0.256 e. The smallest absolute Gasteiger partial charge is 0.256 e. The van der Waals surface area contributed by atoms with Crippen LogP contribution in [0.5, 0.6) is 0 Å². The number of piperazine rings is 1. The fraction of sp³-hybridized carbons (Fsp3) is 0.375. The average molecular weight is 441 g/mol. The zero-order valence-electron chi connectivity index (χ0n) is 17.8. The molecule has 4 rings (SSSR count). The summed E-state index contributed by atoms with van der Waals surface area (Å²) in [7, 11) is 0. The van der Waals surface area contributed by atoms with Crippen LogP contribution >= 0.6 is 0 Å². The van der Waals surface area contributed by atoms with E-state index in [0.717, 1.165) is 17.7 Å². The van der Waals surface area contributed by atoms with Gasteiger partial charge >= 0.3 is 0 Å². The second-order valence-corrected chi connectivity index (χ2v) is 8.28. The Morgan fingerprint density at radius 2 is 1.62 bits per heavy atom.